The second kappa shape index (κ2) is 11.8. The third-order valence-corrected chi connectivity index (χ3v) is 7.52. The summed E-state index contributed by atoms with van der Waals surface area (Å²) >= 11 is 0. The van der Waals surface area contributed by atoms with Crippen LogP contribution in [0.25, 0.3) is 11.0 Å². The topological polar surface area (TPSA) is 130 Å². The van der Waals surface area contributed by atoms with E-state index in [1.54, 1.807) is 42.6 Å². The summed E-state index contributed by atoms with van der Waals surface area (Å²) < 4.78 is 27.5. The molecule has 6 rings (SSSR count). The quantitative estimate of drug-likeness (QED) is 0.258. The Hall–Kier alpha value is -5.08. The Labute approximate surface area is 240 Å². The first-order chi connectivity index (χ1) is 20.5. The van der Waals surface area contributed by atoms with Crippen LogP contribution in [0.1, 0.15) is 57.7 Å². The molecule has 0 bridgehead atoms. The number of nitriles is 1. The number of aromatic nitrogens is 4. The van der Waals surface area contributed by atoms with Crippen molar-refractivity contribution < 1.29 is 23.4 Å². The maximum Gasteiger partial charge on any atom is 0.335 e. The van der Waals surface area contributed by atoms with Gasteiger partial charge in [-0.15, -0.1) is 0 Å². The summed E-state index contributed by atoms with van der Waals surface area (Å²) in [5, 5.41) is 18.4. The van der Waals surface area contributed by atoms with Gasteiger partial charge in [0.05, 0.1) is 41.0 Å². The predicted octanol–water partition coefficient (Wildman–Crippen LogP) is 5.14. The molecule has 0 aliphatic carbocycles. The molecule has 42 heavy (non-hydrogen) atoms. The monoisotopic (exact) mass is 566 g/mol. The van der Waals surface area contributed by atoms with Gasteiger partial charge in [-0.25, -0.2) is 24.1 Å². The summed E-state index contributed by atoms with van der Waals surface area (Å²) in [7, 11) is 0. The Morgan fingerprint density at radius 1 is 1.12 bits per heavy atom. The summed E-state index contributed by atoms with van der Waals surface area (Å²) in [6.45, 7) is 2.63. The van der Waals surface area contributed by atoms with Crippen molar-refractivity contribution in [3.8, 4) is 11.9 Å². The van der Waals surface area contributed by atoms with Crippen LogP contribution in [-0.2, 0) is 19.7 Å². The van der Waals surface area contributed by atoms with Gasteiger partial charge in [0.25, 0.3) is 0 Å². The lowest BCUT2D eigenvalue weighted by Gasteiger charge is -2.31. The number of ether oxygens (including phenoxy) is 1. The Bertz CT molecular complexity index is 1770. The smallest absolute Gasteiger partial charge is 0.335 e. The van der Waals surface area contributed by atoms with Crippen molar-refractivity contribution in [2.45, 2.75) is 38.5 Å². The Balaban J connectivity index is 1.12. The maximum atomic E-state index is 14.2. The highest BCUT2D eigenvalue weighted by Gasteiger charge is 2.24. The fraction of sp³-hybridized carbons (Fsp3) is 0.258. The number of pyridine rings is 1. The van der Waals surface area contributed by atoms with E-state index in [2.05, 4.69) is 9.88 Å². The van der Waals surface area contributed by atoms with Gasteiger partial charge in [-0.1, -0.05) is 12.1 Å². The number of imidazole rings is 1. The lowest BCUT2D eigenvalue weighted by Crippen LogP contribution is -2.33. The fourth-order valence-corrected chi connectivity index (χ4v) is 5.28. The molecule has 0 spiro atoms. The standard InChI is InChI=1S/C31H27FN6O4/c32-24-14-20(16-33)4-5-23(24)19-42-29-3-1-2-25(36-29)21-8-11-37(12-9-21)17-28-35-26-7-6-22(31(39)40)15-27(26)38(28)18-30-34-10-13-41-30/h1-7,10,13-15,21H,8-9,11-12,17-19H2,(H,39,40). The number of carboxylic acids is 1. The van der Waals surface area contributed by atoms with Crippen LogP contribution in [0.15, 0.2) is 71.5 Å². The molecule has 0 amide bonds. The average Bonchev–Trinajstić information content (AvgIpc) is 3.65. The highest BCUT2D eigenvalue weighted by Crippen LogP contribution is 2.29. The first-order valence-electron chi connectivity index (χ1n) is 13.6. The van der Waals surface area contributed by atoms with E-state index < -0.39 is 11.8 Å². The van der Waals surface area contributed by atoms with Crippen molar-refractivity contribution in [1.29, 1.82) is 5.26 Å². The van der Waals surface area contributed by atoms with E-state index in [-0.39, 0.29) is 23.7 Å². The number of hydrogen-bond donors (Lipinski definition) is 1. The van der Waals surface area contributed by atoms with Crippen LogP contribution in [0.3, 0.4) is 0 Å². The highest BCUT2D eigenvalue weighted by atomic mass is 19.1. The largest absolute Gasteiger partial charge is 0.478 e. The fourth-order valence-electron chi connectivity index (χ4n) is 5.28. The number of likely N-dealkylation sites (tertiary alicyclic amines) is 1. The second-order valence-electron chi connectivity index (χ2n) is 10.2. The second-order valence-corrected chi connectivity index (χ2v) is 10.2. The number of rotatable bonds is 9. The third-order valence-electron chi connectivity index (χ3n) is 7.52. The van der Waals surface area contributed by atoms with Crippen LogP contribution in [0.5, 0.6) is 5.88 Å². The van der Waals surface area contributed by atoms with Crippen molar-refractivity contribution in [3.63, 3.8) is 0 Å². The Kier molecular flexibility index (Phi) is 7.62. The van der Waals surface area contributed by atoms with Crippen LogP contribution >= 0.6 is 0 Å². The van der Waals surface area contributed by atoms with Crippen LogP contribution in [0.4, 0.5) is 4.39 Å². The van der Waals surface area contributed by atoms with E-state index in [1.807, 2.05) is 22.8 Å². The summed E-state index contributed by atoms with van der Waals surface area (Å²) in [6.07, 6.45) is 4.88. The minimum atomic E-state index is -0.992. The van der Waals surface area contributed by atoms with Crippen molar-refractivity contribution in [3.05, 3.63) is 107 Å². The van der Waals surface area contributed by atoms with Crippen LogP contribution in [0.2, 0.25) is 0 Å². The molecule has 0 unspecified atom stereocenters. The highest BCUT2D eigenvalue weighted by molar-refractivity contribution is 5.92. The summed E-state index contributed by atoms with van der Waals surface area (Å²) in [5.74, 6) is 0.543. The van der Waals surface area contributed by atoms with E-state index in [1.165, 1.54) is 12.3 Å². The summed E-state index contributed by atoms with van der Waals surface area (Å²) in [5.41, 5.74) is 3.21. The van der Waals surface area contributed by atoms with Gasteiger partial charge < -0.3 is 18.8 Å². The number of nitrogens with zero attached hydrogens (tertiary/aromatic N) is 6. The number of oxazole rings is 1. The zero-order valence-electron chi connectivity index (χ0n) is 22.6. The Morgan fingerprint density at radius 2 is 1.98 bits per heavy atom. The van der Waals surface area contributed by atoms with Crippen molar-refractivity contribution in [2.24, 2.45) is 0 Å². The number of halogens is 1. The maximum absolute atomic E-state index is 14.2. The molecular weight excluding hydrogens is 539 g/mol. The zero-order valence-corrected chi connectivity index (χ0v) is 22.6. The summed E-state index contributed by atoms with van der Waals surface area (Å²) in [6, 6.07) is 16.8. The molecule has 0 radical (unpaired) electrons. The molecular formula is C31H27FN6O4. The average molecular weight is 567 g/mol. The Morgan fingerprint density at radius 3 is 2.71 bits per heavy atom. The van der Waals surface area contributed by atoms with Crippen molar-refractivity contribution >= 4 is 17.0 Å². The van der Waals surface area contributed by atoms with E-state index >= 15 is 0 Å². The predicted molar refractivity (Wildman–Crippen MR) is 149 cm³/mol. The van der Waals surface area contributed by atoms with Gasteiger partial charge in [-0.3, -0.25) is 4.90 Å². The van der Waals surface area contributed by atoms with Gasteiger partial charge >= 0.3 is 5.97 Å². The summed E-state index contributed by atoms with van der Waals surface area (Å²) in [4.78, 5) is 27.7. The molecule has 1 aliphatic heterocycles. The zero-order chi connectivity index (χ0) is 29.1. The number of carbonyl (C=O) groups is 1. The lowest BCUT2D eigenvalue weighted by molar-refractivity contribution is 0.0697. The van der Waals surface area contributed by atoms with Gasteiger partial charge in [0, 0.05) is 23.2 Å². The molecule has 212 valence electrons. The van der Waals surface area contributed by atoms with E-state index in [0.29, 0.717) is 30.4 Å². The van der Waals surface area contributed by atoms with E-state index in [4.69, 9.17) is 24.4 Å². The lowest BCUT2D eigenvalue weighted by atomic mass is 9.93. The number of carboxylic acid groups (broad SMARTS) is 1. The molecule has 10 nitrogen and oxygen atoms in total. The van der Waals surface area contributed by atoms with Gasteiger partial charge in [0.15, 0.2) is 0 Å². The minimum absolute atomic E-state index is 0.0227. The van der Waals surface area contributed by atoms with E-state index in [9.17, 15) is 14.3 Å². The molecule has 1 aliphatic rings. The molecule has 1 saturated heterocycles. The normalized spacial score (nSPS) is 14.2. The first kappa shape index (κ1) is 27.1. The van der Waals surface area contributed by atoms with Crippen LogP contribution < -0.4 is 4.74 Å². The van der Waals surface area contributed by atoms with Crippen molar-refractivity contribution in [1.82, 2.24) is 24.4 Å². The van der Waals surface area contributed by atoms with E-state index in [0.717, 1.165) is 48.5 Å². The molecule has 0 saturated carbocycles. The van der Waals surface area contributed by atoms with Crippen LogP contribution in [-0.4, -0.2) is 48.6 Å². The third kappa shape index (κ3) is 5.84. The molecule has 11 heteroatoms. The molecule has 1 fully saturated rings. The molecule has 3 aromatic heterocycles. The SMILES string of the molecule is N#Cc1ccc(COc2cccc(C3CCN(Cc4nc5ccc(C(=O)O)cc5n4Cc4ncco4)CC3)n2)c(F)c1. The molecule has 5 aromatic rings. The first-order valence-corrected chi connectivity index (χ1v) is 13.6. The van der Waals surface area contributed by atoms with Crippen molar-refractivity contribution in [2.75, 3.05) is 13.1 Å². The number of aromatic carboxylic acids is 1. The van der Waals surface area contributed by atoms with Gasteiger partial charge in [-0.2, -0.15) is 5.26 Å². The number of piperidine rings is 1. The van der Waals surface area contributed by atoms with Gasteiger partial charge in [-0.05, 0) is 62.3 Å². The number of hydrogen-bond acceptors (Lipinski definition) is 8. The number of benzene rings is 2. The number of fused-ring (bicyclic) bond motifs is 1. The van der Waals surface area contributed by atoms with Gasteiger partial charge in [0.2, 0.25) is 11.8 Å². The molecule has 4 heterocycles. The minimum Gasteiger partial charge on any atom is -0.478 e. The van der Waals surface area contributed by atoms with Crippen LogP contribution in [0, 0.1) is 17.1 Å². The van der Waals surface area contributed by atoms with Gasteiger partial charge in [0.1, 0.15) is 31.1 Å². The molecule has 1 N–H and O–H groups in total. The molecule has 0 atom stereocenters. The molecule has 2 aromatic carbocycles.